The second-order valence-corrected chi connectivity index (χ2v) is 2.62. The summed E-state index contributed by atoms with van der Waals surface area (Å²) in [5.74, 6) is -0.0522. The number of rotatable bonds is 6. The number of hydrogen-bond donors (Lipinski definition) is 0. The van der Waals surface area contributed by atoms with Gasteiger partial charge in [0, 0.05) is 13.0 Å². The minimum absolute atomic E-state index is 0.0522. The number of carbonyl (C=O) groups is 1. The normalized spacial score (nSPS) is 8.31. The molecule has 0 aromatic rings. The molecule has 0 N–H and O–H groups in total. The lowest BCUT2D eigenvalue weighted by molar-refractivity contribution is -0.143. The van der Waals surface area contributed by atoms with Gasteiger partial charge in [-0.15, -0.1) is 0 Å². The highest BCUT2D eigenvalue weighted by Crippen LogP contribution is 2.02. The van der Waals surface area contributed by atoms with Gasteiger partial charge in [-0.05, 0) is 13.3 Å². The number of nitriles is 1. The minimum Gasteiger partial charge on any atom is -0.466 e. The van der Waals surface area contributed by atoms with E-state index in [2.05, 4.69) is 13.5 Å². The van der Waals surface area contributed by atoms with Crippen LogP contribution in [-0.2, 0) is 9.53 Å². The number of carbonyl (C=O) groups excluding carboxylic acids is 1. The van der Waals surface area contributed by atoms with Crippen molar-refractivity contribution in [3.8, 4) is 6.57 Å². The summed E-state index contributed by atoms with van der Waals surface area (Å²) >= 11 is 0. The maximum absolute atomic E-state index is 10.8. The average Bonchev–Trinajstić information content (AvgIpc) is 2.16. The molecule has 0 amide bonds. The van der Waals surface area contributed by atoms with Crippen molar-refractivity contribution in [3.05, 3.63) is 0 Å². The van der Waals surface area contributed by atoms with Crippen molar-refractivity contribution < 1.29 is 9.53 Å². The van der Waals surface area contributed by atoms with E-state index in [0.717, 1.165) is 12.8 Å². The molecule has 0 aliphatic carbocycles. The van der Waals surface area contributed by atoms with Crippen LogP contribution in [0.5, 0.6) is 0 Å². The summed E-state index contributed by atoms with van der Waals surface area (Å²) in [6.45, 7) is 8.00. The summed E-state index contributed by atoms with van der Waals surface area (Å²) in [6, 6.07) is 0. The lowest BCUT2D eigenvalue weighted by atomic mass is 10.2. The Morgan fingerprint density at radius 1 is 1.23 bits per heavy atom. The Balaban J connectivity index is 0. The van der Waals surface area contributed by atoms with Crippen LogP contribution in [0.15, 0.2) is 0 Å². The molecule has 0 aromatic heterocycles. The predicted molar refractivity (Wildman–Crippen MR) is 52.1 cm³/mol. The smallest absolute Gasteiger partial charge is 0.305 e. The zero-order valence-corrected chi connectivity index (χ0v) is 8.58. The standard InChI is InChI=1S/C9H18O2.CHN/c1-3-5-6-7-8-9(10)11-4-2;1-2/h3-8H2,1-2H3;1H. The van der Waals surface area contributed by atoms with Gasteiger partial charge in [0.05, 0.1) is 6.61 Å². The Morgan fingerprint density at radius 2 is 1.85 bits per heavy atom. The molecule has 0 radical (unpaired) electrons. The second-order valence-electron chi connectivity index (χ2n) is 2.62. The van der Waals surface area contributed by atoms with Crippen molar-refractivity contribution in [2.45, 2.75) is 46.0 Å². The van der Waals surface area contributed by atoms with E-state index in [0.29, 0.717) is 13.0 Å². The van der Waals surface area contributed by atoms with Gasteiger partial charge in [0.25, 0.3) is 0 Å². The first kappa shape index (κ1) is 14.5. The Labute approximate surface area is 80.7 Å². The van der Waals surface area contributed by atoms with Crippen LogP contribution < -0.4 is 0 Å². The average molecular weight is 185 g/mol. The highest BCUT2D eigenvalue weighted by atomic mass is 16.5. The van der Waals surface area contributed by atoms with Gasteiger partial charge in [0.2, 0.25) is 0 Å². The fraction of sp³-hybridized carbons (Fsp3) is 0.800. The van der Waals surface area contributed by atoms with Crippen molar-refractivity contribution >= 4 is 5.97 Å². The summed E-state index contributed by atoms with van der Waals surface area (Å²) in [6.07, 6.45) is 5.15. The highest BCUT2D eigenvalue weighted by Gasteiger charge is 1.99. The summed E-state index contributed by atoms with van der Waals surface area (Å²) in [4.78, 5) is 10.8. The molecular formula is C10H19NO2. The minimum atomic E-state index is -0.0522. The van der Waals surface area contributed by atoms with Gasteiger partial charge >= 0.3 is 5.97 Å². The van der Waals surface area contributed by atoms with Crippen LogP contribution in [0, 0.1) is 11.8 Å². The van der Waals surface area contributed by atoms with Crippen molar-refractivity contribution in [1.82, 2.24) is 0 Å². The van der Waals surface area contributed by atoms with Crippen LogP contribution in [-0.4, -0.2) is 12.6 Å². The molecule has 3 nitrogen and oxygen atoms in total. The first-order chi connectivity index (χ1) is 6.31. The highest BCUT2D eigenvalue weighted by molar-refractivity contribution is 5.69. The van der Waals surface area contributed by atoms with Crippen LogP contribution in [0.4, 0.5) is 0 Å². The molecule has 3 heteroatoms. The fourth-order valence-corrected chi connectivity index (χ4v) is 0.929. The summed E-state index contributed by atoms with van der Waals surface area (Å²) in [5, 5.41) is 6.50. The molecule has 0 saturated carbocycles. The molecule has 76 valence electrons. The maximum atomic E-state index is 10.8. The zero-order valence-electron chi connectivity index (χ0n) is 8.58. The summed E-state index contributed by atoms with van der Waals surface area (Å²) in [5.41, 5.74) is 0. The van der Waals surface area contributed by atoms with Gasteiger partial charge in [-0.3, -0.25) is 4.79 Å². The molecule has 0 bridgehead atoms. The van der Waals surface area contributed by atoms with E-state index in [1.807, 2.05) is 6.92 Å². The van der Waals surface area contributed by atoms with Gasteiger partial charge in [-0.2, -0.15) is 0 Å². The van der Waals surface area contributed by atoms with Gasteiger partial charge in [-0.25, -0.2) is 5.26 Å². The van der Waals surface area contributed by atoms with Crippen LogP contribution in [0.2, 0.25) is 0 Å². The monoisotopic (exact) mass is 185 g/mol. The molecule has 13 heavy (non-hydrogen) atoms. The molecule has 0 unspecified atom stereocenters. The van der Waals surface area contributed by atoms with Crippen molar-refractivity contribution in [2.24, 2.45) is 0 Å². The maximum Gasteiger partial charge on any atom is 0.305 e. The molecule has 0 rings (SSSR count). The molecule has 0 spiro atoms. The largest absolute Gasteiger partial charge is 0.466 e. The fourth-order valence-electron chi connectivity index (χ4n) is 0.929. The number of esters is 1. The number of hydrogen-bond acceptors (Lipinski definition) is 3. The first-order valence-corrected chi connectivity index (χ1v) is 4.72. The third kappa shape index (κ3) is 13.9. The quantitative estimate of drug-likeness (QED) is 0.472. The molecule has 0 heterocycles. The SMILES string of the molecule is C#N.CCCCCCC(=O)OCC. The van der Waals surface area contributed by atoms with E-state index < -0.39 is 0 Å². The van der Waals surface area contributed by atoms with Crippen molar-refractivity contribution in [2.75, 3.05) is 6.61 Å². The molecule has 0 aliphatic rings. The molecule has 0 aromatic carbocycles. The third-order valence-electron chi connectivity index (χ3n) is 1.54. The third-order valence-corrected chi connectivity index (χ3v) is 1.54. The van der Waals surface area contributed by atoms with E-state index in [1.54, 1.807) is 0 Å². The van der Waals surface area contributed by atoms with E-state index in [4.69, 9.17) is 10.00 Å². The Bertz CT molecular complexity index is 132. The van der Waals surface area contributed by atoms with Crippen molar-refractivity contribution in [1.29, 1.82) is 5.26 Å². The zero-order chi connectivity index (χ0) is 10.5. The van der Waals surface area contributed by atoms with Crippen molar-refractivity contribution in [3.63, 3.8) is 0 Å². The summed E-state index contributed by atoms with van der Waals surface area (Å²) in [7, 11) is 0. The molecule has 0 saturated heterocycles. The first-order valence-electron chi connectivity index (χ1n) is 4.72. The van der Waals surface area contributed by atoms with Gasteiger partial charge in [0.1, 0.15) is 0 Å². The predicted octanol–water partition coefficient (Wildman–Crippen LogP) is 2.66. The molecule has 0 fully saturated rings. The van der Waals surface area contributed by atoms with Gasteiger partial charge in [-0.1, -0.05) is 26.2 Å². The number of ether oxygens (including phenoxy) is 1. The van der Waals surface area contributed by atoms with Gasteiger partial charge in [0.15, 0.2) is 0 Å². The molecular weight excluding hydrogens is 166 g/mol. The lowest BCUT2D eigenvalue weighted by Gasteiger charge is -2.00. The van der Waals surface area contributed by atoms with Crippen LogP contribution >= 0.6 is 0 Å². The molecule has 0 aliphatic heterocycles. The van der Waals surface area contributed by atoms with Crippen LogP contribution in [0.3, 0.4) is 0 Å². The second kappa shape index (κ2) is 13.5. The Morgan fingerprint density at radius 3 is 2.31 bits per heavy atom. The van der Waals surface area contributed by atoms with Crippen LogP contribution in [0.1, 0.15) is 46.0 Å². The van der Waals surface area contributed by atoms with E-state index in [9.17, 15) is 4.79 Å². The number of unbranched alkanes of at least 4 members (excludes halogenated alkanes) is 3. The van der Waals surface area contributed by atoms with E-state index in [1.165, 1.54) is 12.8 Å². The Hall–Kier alpha value is -1.04. The number of nitrogens with zero attached hydrogens (tertiary/aromatic N) is 1. The molecule has 0 atom stereocenters. The van der Waals surface area contributed by atoms with E-state index >= 15 is 0 Å². The van der Waals surface area contributed by atoms with E-state index in [-0.39, 0.29) is 5.97 Å². The lowest BCUT2D eigenvalue weighted by Crippen LogP contribution is -2.02. The van der Waals surface area contributed by atoms with Gasteiger partial charge < -0.3 is 4.74 Å². The topological polar surface area (TPSA) is 50.1 Å². The summed E-state index contributed by atoms with van der Waals surface area (Å²) < 4.78 is 4.78. The Kier molecular flexibility index (Phi) is 15.1. The van der Waals surface area contributed by atoms with Crippen LogP contribution in [0.25, 0.3) is 0 Å².